The molecule has 0 aliphatic heterocycles. The van der Waals surface area contributed by atoms with Crippen LogP contribution in [0.3, 0.4) is 0 Å². The molecule has 0 spiro atoms. The van der Waals surface area contributed by atoms with E-state index in [4.69, 9.17) is 0 Å². The molecule has 0 saturated heterocycles. The fourth-order valence-electron chi connectivity index (χ4n) is 2.44. The predicted octanol–water partition coefficient (Wildman–Crippen LogP) is 0.820. The normalized spacial score (nSPS) is 25.2. The van der Waals surface area contributed by atoms with Crippen molar-refractivity contribution in [1.82, 2.24) is 10.0 Å². The number of sulfonamides is 1. The molecule has 0 aromatic carbocycles. The van der Waals surface area contributed by atoms with Gasteiger partial charge in [-0.05, 0) is 25.0 Å². The Labute approximate surface area is 120 Å². The summed E-state index contributed by atoms with van der Waals surface area (Å²) < 4.78 is 25.2. The zero-order chi connectivity index (χ0) is 14.5. The monoisotopic (exact) mass is 308 g/mol. The molecule has 1 saturated carbocycles. The van der Waals surface area contributed by atoms with E-state index in [1.165, 1.54) is 6.26 Å². The van der Waals surface area contributed by atoms with E-state index in [2.05, 4.69) is 10.0 Å². The second-order valence-corrected chi connectivity index (χ2v) is 7.98. The van der Waals surface area contributed by atoms with Gasteiger partial charge in [-0.15, -0.1) is 0 Å². The van der Waals surface area contributed by atoms with Gasteiger partial charge >= 0.3 is 0 Å². The average molecular weight is 308 g/mol. The summed E-state index contributed by atoms with van der Waals surface area (Å²) >= 11 is 1.65. The Morgan fingerprint density at radius 1 is 1.42 bits per heavy atom. The van der Waals surface area contributed by atoms with Crippen LogP contribution in [0.4, 0.5) is 0 Å². The number of hydrogen-bond donors (Lipinski definition) is 2. The Morgan fingerprint density at radius 2 is 2.11 bits per heavy atom. The summed E-state index contributed by atoms with van der Waals surface area (Å²) in [4.78, 5) is 11.8. The van der Waals surface area contributed by atoms with Crippen LogP contribution in [0.5, 0.6) is 0 Å². The lowest BCUT2D eigenvalue weighted by molar-refractivity contribution is -0.124. The van der Waals surface area contributed by atoms with Crippen LogP contribution in [0.1, 0.15) is 26.2 Å². The molecule has 0 aromatic heterocycles. The first-order valence-electron chi connectivity index (χ1n) is 6.57. The zero-order valence-corrected chi connectivity index (χ0v) is 13.4. The lowest BCUT2D eigenvalue weighted by Gasteiger charge is -2.21. The summed E-state index contributed by atoms with van der Waals surface area (Å²) in [5, 5.41) is 2.94. The van der Waals surface area contributed by atoms with Gasteiger partial charge in [0.2, 0.25) is 15.9 Å². The molecule has 2 N–H and O–H groups in total. The lowest BCUT2D eigenvalue weighted by atomic mass is 10.0. The number of hydrogen-bond acceptors (Lipinski definition) is 4. The third-order valence-corrected chi connectivity index (χ3v) is 4.99. The lowest BCUT2D eigenvalue weighted by Crippen LogP contribution is -2.42. The molecule has 1 fully saturated rings. The number of thioether (sulfide) groups is 1. The summed E-state index contributed by atoms with van der Waals surface area (Å²) in [6, 6.07) is -0.0360. The molecule has 1 amide bonds. The minimum absolute atomic E-state index is 0.00211. The van der Waals surface area contributed by atoms with Crippen LogP contribution >= 0.6 is 11.8 Å². The maximum absolute atomic E-state index is 11.8. The highest BCUT2D eigenvalue weighted by atomic mass is 32.2. The van der Waals surface area contributed by atoms with Crippen molar-refractivity contribution >= 4 is 27.7 Å². The number of rotatable bonds is 7. The van der Waals surface area contributed by atoms with E-state index >= 15 is 0 Å². The second kappa shape index (κ2) is 7.50. The summed E-state index contributed by atoms with van der Waals surface area (Å²) in [5.41, 5.74) is 0. The second-order valence-electron chi connectivity index (χ2n) is 5.29. The van der Waals surface area contributed by atoms with Gasteiger partial charge in [0, 0.05) is 24.3 Å². The third-order valence-electron chi connectivity index (χ3n) is 3.43. The van der Waals surface area contributed by atoms with Gasteiger partial charge < -0.3 is 5.32 Å². The van der Waals surface area contributed by atoms with Crippen molar-refractivity contribution in [2.75, 3.05) is 24.8 Å². The van der Waals surface area contributed by atoms with Gasteiger partial charge in [0.05, 0.1) is 6.26 Å². The SMILES string of the molecule is CSC[C@H](C)C(=O)NC[C@@H]1CCC[C@H]1NS(C)(=O)=O. The van der Waals surface area contributed by atoms with Crippen LogP contribution in [-0.4, -0.2) is 45.2 Å². The van der Waals surface area contributed by atoms with Crippen molar-refractivity contribution in [3.8, 4) is 0 Å². The summed E-state index contributed by atoms with van der Waals surface area (Å²) in [6.45, 7) is 2.47. The molecule has 1 rings (SSSR count). The minimum Gasteiger partial charge on any atom is -0.356 e. The van der Waals surface area contributed by atoms with Crippen molar-refractivity contribution in [2.24, 2.45) is 11.8 Å². The molecule has 1 aliphatic rings. The Balaban J connectivity index is 2.41. The van der Waals surface area contributed by atoms with Crippen LogP contribution in [0.2, 0.25) is 0 Å². The first-order chi connectivity index (χ1) is 8.83. The van der Waals surface area contributed by atoms with E-state index in [9.17, 15) is 13.2 Å². The number of amides is 1. The number of nitrogens with one attached hydrogen (secondary N) is 2. The molecule has 0 radical (unpaired) electrons. The molecule has 7 heteroatoms. The molecule has 0 bridgehead atoms. The van der Waals surface area contributed by atoms with Gasteiger partial charge in [0.25, 0.3) is 0 Å². The fourth-order valence-corrected chi connectivity index (χ4v) is 3.95. The molecule has 0 heterocycles. The first kappa shape index (κ1) is 16.8. The maximum Gasteiger partial charge on any atom is 0.223 e. The third kappa shape index (κ3) is 6.14. The largest absolute Gasteiger partial charge is 0.356 e. The Morgan fingerprint density at radius 3 is 2.68 bits per heavy atom. The van der Waals surface area contributed by atoms with Crippen LogP contribution in [-0.2, 0) is 14.8 Å². The van der Waals surface area contributed by atoms with E-state index < -0.39 is 10.0 Å². The molecule has 1 aliphatic carbocycles. The standard InChI is InChI=1S/C12H24N2O3S2/c1-9(8-18-2)12(15)13-7-10-5-4-6-11(10)14-19(3,16)17/h9-11,14H,4-8H2,1-3H3,(H,13,15)/t9-,10-,11+/m0/s1. The summed E-state index contributed by atoms with van der Waals surface area (Å²) in [6.07, 6.45) is 5.99. The van der Waals surface area contributed by atoms with E-state index in [1.54, 1.807) is 11.8 Å². The highest BCUT2D eigenvalue weighted by Crippen LogP contribution is 2.25. The van der Waals surface area contributed by atoms with Crippen LogP contribution in [0, 0.1) is 11.8 Å². The molecule has 3 atom stereocenters. The van der Waals surface area contributed by atoms with Crippen molar-refractivity contribution < 1.29 is 13.2 Å². The topological polar surface area (TPSA) is 75.3 Å². The van der Waals surface area contributed by atoms with Gasteiger partial charge in [0.1, 0.15) is 0 Å². The highest BCUT2D eigenvalue weighted by Gasteiger charge is 2.29. The smallest absolute Gasteiger partial charge is 0.223 e. The predicted molar refractivity (Wildman–Crippen MR) is 79.7 cm³/mol. The van der Waals surface area contributed by atoms with E-state index in [1.807, 2.05) is 13.2 Å². The number of carbonyl (C=O) groups excluding carboxylic acids is 1. The van der Waals surface area contributed by atoms with Crippen LogP contribution in [0.25, 0.3) is 0 Å². The maximum atomic E-state index is 11.8. The average Bonchev–Trinajstić information content (AvgIpc) is 2.71. The van der Waals surface area contributed by atoms with Crippen molar-refractivity contribution in [2.45, 2.75) is 32.2 Å². The molecule has 0 unspecified atom stereocenters. The van der Waals surface area contributed by atoms with E-state index in [-0.39, 0.29) is 23.8 Å². The molecule has 112 valence electrons. The minimum atomic E-state index is -3.17. The van der Waals surface area contributed by atoms with E-state index in [0.29, 0.717) is 6.54 Å². The molecule has 0 aromatic rings. The Kier molecular flexibility index (Phi) is 6.62. The van der Waals surface area contributed by atoms with Gasteiger partial charge in [-0.1, -0.05) is 13.3 Å². The van der Waals surface area contributed by atoms with Crippen molar-refractivity contribution in [3.63, 3.8) is 0 Å². The summed E-state index contributed by atoms with van der Waals surface area (Å²) in [7, 11) is -3.17. The Hall–Kier alpha value is -0.270. The Bertz CT molecular complexity index is 398. The first-order valence-corrected chi connectivity index (χ1v) is 9.86. The van der Waals surface area contributed by atoms with Gasteiger partial charge in [-0.25, -0.2) is 13.1 Å². The van der Waals surface area contributed by atoms with Crippen molar-refractivity contribution in [3.05, 3.63) is 0 Å². The molecular formula is C12H24N2O3S2. The van der Waals surface area contributed by atoms with Gasteiger partial charge in [0.15, 0.2) is 0 Å². The van der Waals surface area contributed by atoms with E-state index in [0.717, 1.165) is 25.0 Å². The van der Waals surface area contributed by atoms with Gasteiger partial charge in [-0.3, -0.25) is 4.79 Å². The van der Waals surface area contributed by atoms with Gasteiger partial charge in [-0.2, -0.15) is 11.8 Å². The zero-order valence-electron chi connectivity index (χ0n) is 11.8. The van der Waals surface area contributed by atoms with Crippen molar-refractivity contribution in [1.29, 1.82) is 0 Å². The number of carbonyl (C=O) groups is 1. The molecule has 19 heavy (non-hydrogen) atoms. The molecule has 5 nitrogen and oxygen atoms in total. The van der Waals surface area contributed by atoms with Crippen LogP contribution < -0.4 is 10.0 Å². The van der Waals surface area contributed by atoms with Crippen LogP contribution in [0.15, 0.2) is 0 Å². The fraction of sp³-hybridized carbons (Fsp3) is 0.917. The molecular weight excluding hydrogens is 284 g/mol. The summed E-state index contributed by atoms with van der Waals surface area (Å²) in [5.74, 6) is 1.07. The quantitative estimate of drug-likeness (QED) is 0.730. The highest BCUT2D eigenvalue weighted by molar-refractivity contribution is 7.98.